The Morgan fingerprint density at radius 1 is 1.20 bits per heavy atom. The highest BCUT2D eigenvalue weighted by molar-refractivity contribution is 9.52. The molecule has 0 saturated carbocycles. The fraction of sp³-hybridized carbons (Fsp3) is 0.333. The molecule has 0 heterocycles. The van der Waals surface area contributed by atoms with Crippen LogP contribution < -0.4 is 5.19 Å². The van der Waals surface area contributed by atoms with Crippen molar-refractivity contribution < 1.29 is 0 Å². The van der Waals surface area contributed by atoms with Crippen LogP contribution in [0.1, 0.15) is 26.2 Å². The molecule has 82 valence electrons. The fourth-order valence-electron chi connectivity index (χ4n) is 1.31. The van der Waals surface area contributed by atoms with Crippen molar-refractivity contribution in [3.8, 4) is 0 Å². The Labute approximate surface area is 109 Å². The molecule has 1 aromatic carbocycles. The molecule has 1 rings (SSSR count). The van der Waals surface area contributed by atoms with Crippen molar-refractivity contribution in [3.05, 3.63) is 42.1 Å². The predicted molar refractivity (Wildman–Crippen MR) is 78.3 cm³/mol. The summed E-state index contributed by atoms with van der Waals surface area (Å²) in [5, 5.41) is -0.326. The summed E-state index contributed by atoms with van der Waals surface area (Å²) in [4.78, 5) is 0. The molecule has 0 N–H and O–H groups in total. The van der Waals surface area contributed by atoms with Crippen molar-refractivity contribution in [1.29, 1.82) is 0 Å². The van der Waals surface area contributed by atoms with E-state index in [9.17, 15) is 0 Å². The van der Waals surface area contributed by atoms with Gasteiger partial charge in [0.2, 0.25) is 0 Å². The smallest absolute Gasteiger partial charge is 0.0994 e. The first-order valence-corrected chi connectivity index (χ1v) is 11.9. The lowest BCUT2D eigenvalue weighted by Gasteiger charge is -2.13. The zero-order valence-electron chi connectivity index (χ0n) is 8.92. The van der Waals surface area contributed by atoms with E-state index in [1.807, 2.05) is 0 Å². The summed E-state index contributed by atoms with van der Waals surface area (Å²) in [6.45, 7) is 2.22. The third-order valence-electron chi connectivity index (χ3n) is 2.21. The summed E-state index contributed by atoms with van der Waals surface area (Å²) >= 11 is 7.62. The van der Waals surface area contributed by atoms with Gasteiger partial charge in [0.05, 0.1) is 0 Å². The molecule has 0 nitrogen and oxygen atoms in total. The van der Waals surface area contributed by atoms with E-state index in [4.69, 9.17) is 0 Å². The molecule has 0 unspecified atom stereocenters. The minimum absolute atomic E-state index is 1.18. The van der Waals surface area contributed by atoms with E-state index in [-0.39, 0.29) is 0 Å². The summed E-state index contributed by atoms with van der Waals surface area (Å²) in [5.41, 5.74) is 2.30. The number of hydrogen-bond donors (Lipinski definition) is 0. The second kappa shape index (κ2) is 6.66. The Morgan fingerprint density at radius 3 is 2.47 bits per heavy atom. The highest BCUT2D eigenvalue weighted by Gasteiger charge is 2.24. The number of benzene rings is 1. The molecule has 0 aliphatic heterocycles. The zero-order chi connectivity index (χ0) is 11.1. The van der Waals surface area contributed by atoms with Crippen molar-refractivity contribution in [2.75, 3.05) is 0 Å². The van der Waals surface area contributed by atoms with E-state index in [2.05, 4.69) is 79.6 Å². The Hall–Kier alpha value is 0.137. The maximum absolute atomic E-state index is 3.81. The maximum Gasteiger partial charge on any atom is 0.252 e. The van der Waals surface area contributed by atoms with Crippen molar-refractivity contribution in [3.63, 3.8) is 0 Å². The van der Waals surface area contributed by atoms with Gasteiger partial charge in [-0.2, -0.15) is 0 Å². The molecule has 0 aromatic heterocycles. The molecule has 0 bridgehead atoms. The van der Waals surface area contributed by atoms with E-state index in [1.165, 1.54) is 24.4 Å². The molecule has 0 spiro atoms. The standard InChI is InChI=1S/C12H16Br2Si/c1-2-3-4-8-11-15(13,14)12-9-6-5-7-10-12/h5-11H,2-4H2,1H3/b11-8+. The number of allylic oxidation sites excluding steroid dienone is 1. The minimum atomic E-state index is -1.68. The van der Waals surface area contributed by atoms with Crippen LogP contribution in [0.25, 0.3) is 0 Å². The summed E-state index contributed by atoms with van der Waals surface area (Å²) in [7, 11) is 0. The molecule has 0 saturated heterocycles. The summed E-state index contributed by atoms with van der Waals surface area (Å²) < 4.78 is 0. The van der Waals surface area contributed by atoms with Crippen molar-refractivity contribution in [1.82, 2.24) is 0 Å². The molecule has 0 aliphatic carbocycles. The van der Waals surface area contributed by atoms with Crippen LogP contribution in [0.4, 0.5) is 0 Å². The third-order valence-corrected chi connectivity index (χ3v) is 8.30. The lowest BCUT2D eigenvalue weighted by Crippen LogP contribution is -2.32. The van der Waals surface area contributed by atoms with E-state index in [0.717, 1.165) is 0 Å². The molecule has 0 amide bonds. The van der Waals surface area contributed by atoms with Crippen LogP contribution in [0.3, 0.4) is 0 Å². The van der Waals surface area contributed by atoms with Gasteiger partial charge in [-0.15, -0.1) is 0 Å². The molecule has 0 fully saturated rings. The second-order valence-electron chi connectivity index (χ2n) is 3.53. The number of halogens is 2. The second-order valence-corrected chi connectivity index (χ2v) is 16.4. The van der Waals surface area contributed by atoms with E-state index < -0.39 is 5.31 Å². The van der Waals surface area contributed by atoms with E-state index >= 15 is 0 Å². The Bertz CT molecular complexity index is 307. The van der Waals surface area contributed by atoms with Crippen molar-refractivity contribution in [2.24, 2.45) is 0 Å². The Kier molecular flexibility index (Phi) is 5.86. The summed E-state index contributed by atoms with van der Waals surface area (Å²) in [5.74, 6) is 0. The largest absolute Gasteiger partial charge is 0.252 e. The number of hydrogen-bond acceptors (Lipinski definition) is 0. The molecule has 0 aliphatic rings. The highest BCUT2D eigenvalue weighted by atomic mass is 79.9. The Morgan fingerprint density at radius 2 is 1.87 bits per heavy atom. The average Bonchev–Trinajstić information content (AvgIpc) is 2.26. The Balaban J connectivity index is 2.63. The van der Waals surface area contributed by atoms with Crippen LogP contribution >= 0.6 is 30.6 Å². The summed E-state index contributed by atoms with van der Waals surface area (Å²) in [6.07, 6.45) is 5.99. The zero-order valence-corrected chi connectivity index (χ0v) is 13.1. The molecular formula is C12H16Br2Si. The fourth-order valence-corrected chi connectivity index (χ4v) is 5.31. The van der Waals surface area contributed by atoms with Gasteiger partial charge in [-0.25, -0.2) is 0 Å². The lowest BCUT2D eigenvalue weighted by atomic mass is 10.2. The first kappa shape index (κ1) is 13.2. The first-order valence-electron chi connectivity index (χ1n) is 5.28. The molecule has 3 heteroatoms. The van der Waals surface area contributed by atoms with Gasteiger partial charge in [0.1, 0.15) is 0 Å². The van der Waals surface area contributed by atoms with Crippen LogP contribution in [0.15, 0.2) is 42.1 Å². The van der Waals surface area contributed by atoms with Gasteiger partial charge < -0.3 is 0 Å². The van der Waals surface area contributed by atoms with Crippen LogP contribution in [0.2, 0.25) is 0 Å². The highest BCUT2D eigenvalue weighted by Crippen LogP contribution is 2.21. The van der Waals surface area contributed by atoms with E-state index in [0.29, 0.717) is 0 Å². The topological polar surface area (TPSA) is 0 Å². The molecule has 1 aromatic rings. The SMILES string of the molecule is CCCC/C=C/[Si](Br)(Br)c1ccccc1. The van der Waals surface area contributed by atoms with Crippen LogP contribution in [-0.2, 0) is 0 Å². The predicted octanol–water partition coefficient (Wildman–Crippen LogP) is 4.41. The molecule has 0 atom stereocenters. The quantitative estimate of drug-likeness (QED) is 0.420. The van der Waals surface area contributed by atoms with Crippen LogP contribution in [0.5, 0.6) is 0 Å². The number of unbranched alkanes of at least 4 members (excludes halogenated alkanes) is 2. The molecule has 0 radical (unpaired) electrons. The van der Waals surface area contributed by atoms with Crippen molar-refractivity contribution >= 4 is 41.1 Å². The van der Waals surface area contributed by atoms with Gasteiger partial charge >= 0.3 is 0 Å². The van der Waals surface area contributed by atoms with Gasteiger partial charge in [-0.1, -0.05) is 92.5 Å². The van der Waals surface area contributed by atoms with Gasteiger partial charge in [-0.3, -0.25) is 0 Å². The van der Waals surface area contributed by atoms with Gasteiger partial charge in [0, 0.05) is 0 Å². The van der Waals surface area contributed by atoms with Gasteiger partial charge in [0.15, 0.2) is 0 Å². The van der Waals surface area contributed by atoms with Crippen LogP contribution in [0, 0.1) is 0 Å². The summed E-state index contributed by atoms with van der Waals surface area (Å²) in [6, 6.07) is 10.5. The van der Waals surface area contributed by atoms with Crippen molar-refractivity contribution in [2.45, 2.75) is 26.2 Å². The monoisotopic (exact) mass is 346 g/mol. The number of rotatable bonds is 5. The van der Waals surface area contributed by atoms with Gasteiger partial charge in [-0.05, 0) is 11.6 Å². The average molecular weight is 348 g/mol. The van der Waals surface area contributed by atoms with E-state index in [1.54, 1.807) is 0 Å². The maximum atomic E-state index is 3.81. The lowest BCUT2D eigenvalue weighted by molar-refractivity contribution is 0.815. The van der Waals surface area contributed by atoms with Gasteiger partial charge in [0.25, 0.3) is 5.31 Å². The molecular weight excluding hydrogens is 332 g/mol. The third kappa shape index (κ3) is 4.66. The molecule has 15 heavy (non-hydrogen) atoms. The minimum Gasteiger partial charge on any atom is -0.0994 e. The normalized spacial score (nSPS) is 12.2. The van der Waals surface area contributed by atoms with Crippen LogP contribution in [-0.4, -0.2) is 5.31 Å². The first-order chi connectivity index (χ1) is 7.17.